The molecule has 1 amide bonds. The molecule has 2 aromatic rings. The molecule has 1 unspecified atom stereocenters. The molecule has 0 aliphatic rings. The number of thioether (sulfide) groups is 1. The molecule has 0 radical (unpaired) electrons. The van der Waals surface area contributed by atoms with Gasteiger partial charge in [-0.2, -0.15) is 0 Å². The third-order valence-corrected chi connectivity index (χ3v) is 5.57. The molecule has 2 aromatic carbocycles. The third kappa shape index (κ3) is 5.54. The SMILES string of the molecule is CC(NC(=O)CSc1ccc(F)c(F)c1)c1ccc(S(C)(=O)=O)cc1. The van der Waals surface area contributed by atoms with Crippen LogP contribution in [-0.4, -0.2) is 26.3 Å². The Kier molecular flexibility index (Phi) is 6.18. The van der Waals surface area contributed by atoms with Crippen molar-refractivity contribution < 1.29 is 22.0 Å². The van der Waals surface area contributed by atoms with Gasteiger partial charge < -0.3 is 5.32 Å². The van der Waals surface area contributed by atoms with Gasteiger partial charge in [-0.05, 0) is 42.8 Å². The fourth-order valence-electron chi connectivity index (χ4n) is 2.09. The van der Waals surface area contributed by atoms with Crippen molar-refractivity contribution in [3.05, 3.63) is 59.7 Å². The largest absolute Gasteiger partial charge is 0.349 e. The maximum atomic E-state index is 13.1. The highest BCUT2D eigenvalue weighted by molar-refractivity contribution is 8.00. The van der Waals surface area contributed by atoms with E-state index in [0.29, 0.717) is 4.90 Å². The second-order valence-electron chi connectivity index (χ2n) is 5.49. The lowest BCUT2D eigenvalue weighted by atomic mass is 10.1. The molecule has 0 bridgehead atoms. The van der Waals surface area contributed by atoms with Crippen LogP contribution in [0.3, 0.4) is 0 Å². The van der Waals surface area contributed by atoms with Crippen molar-refractivity contribution in [2.24, 2.45) is 0 Å². The summed E-state index contributed by atoms with van der Waals surface area (Å²) >= 11 is 1.10. The van der Waals surface area contributed by atoms with Crippen molar-refractivity contribution >= 4 is 27.5 Å². The van der Waals surface area contributed by atoms with Crippen LogP contribution in [0.15, 0.2) is 52.3 Å². The van der Waals surface area contributed by atoms with Crippen molar-refractivity contribution in [3.8, 4) is 0 Å². The van der Waals surface area contributed by atoms with E-state index in [1.165, 1.54) is 18.2 Å². The molecule has 2 rings (SSSR count). The second-order valence-corrected chi connectivity index (χ2v) is 8.56. The van der Waals surface area contributed by atoms with E-state index in [2.05, 4.69) is 5.32 Å². The molecule has 25 heavy (non-hydrogen) atoms. The van der Waals surface area contributed by atoms with Crippen molar-refractivity contribution in [2.75, 3.05) is 12.0 Å². The van der Waals surface area contributed by atoms with Gasteiger partial charge in [-0.15, -0.1) is 11.8 Å². The molecule has 8 heteroatoms. The van der Waals surface area contributed by atoms with Crippen molar-refractivity contribution in [2.45, 2.75) is 22.8 Å². The highest BCUT2D eigenvalue weighted by Gasteiger charge is 2.12. The molecular formula is C17H17F2NO3S2. The van der Waals surface area contributed by atoms with Gasteiger partial charge in [-0.1, -0.05) is 12.1 Å². The summed E-state index contributed by atoms with van der Waals surface area (Å²) in [5.74, 6) is -2.10. The van der Waals surface area contributed by atoms with Crippen LogP contribution in [0.2, 0.25) is 0 Å². The number of carbonyl (C=O) groups is 1. The Morgan fingerprint density at radius 3 is 2.32 bits per heavy atom. The lowest BCUT2D eigenvalue weighted by Crippen LogP contribution is -2.28. The summed E-state index contributed by atoms with van der Waals surface area (Å²) in [5, 5.41) is 2.77. The molecule has 1 atom stereocenters. The van der Waals surface area contributed by atoms with Gasteiger partial charge in [0.05, 0.1) is 16.7 Å². The minimum atomic E-state index is -3.26. The van der Waals surface area contributed by atoms with E-state index in [1.54, 1.807) is 19.1 Å². The molecule has 0 aromatic heterocycles. The highest BCUT2D eigenvalue weighted by atomic mass is 32.2. The van der Waals surface area contributed by atoms with Crippen LogP contribution in [0.4, 0.5) is 8.78 Å². The zero-order valence-corrected chi connectivity index (χ0v) is 15.3. The van der Waals surface area contributed by atoms with Crippen LogP contribution >= 0.6 is 11.8 Å². The Morgan fingerprint density at radius 2 is 1.76 bits per heavy atom. The quantitative estimate of drug-likeness (QED) is 0.775. The summed E-state index contributed by atoms with van der Waals surface area (Å²) in [6.07, 6.45) is 1.13. The Morgan fingerprint density at radius 1 is 1.12 bits per heavy atom. The number of carbonyl (C=O) groups excluding carboxylic acids is 1. The zero-order chi connectivity index (χ0) is 18.6. The van der Waals surface area contributed by atoms with Gasteiger partial charge in [-0.3, -0.25) is 4.79 Å². The molecule has 0 heterocycles. The van der Waals surface area contributed by atoms with Crippen LogP contribution in [0.25, 0.3) is 0 Å². The highest BCUT2D eigenvalue weighted by Crippen LogP contribution is 2.21. The summed E-state index contributed by atoms with van der Waals surface area (Å²) in [4.78, 5) is 12.7. The van der Waals surface area contributed by atoms with E-state index >= 15 is 0 Å². The van der Waals surface area contributed by atoms with Gasteiger partial charge in [0.2, 0.25) is 5.91 Å². The average Bonchev–Trinajstić information content (AvgIpc) is 2.55. The molecule has 0 aliphatic heterocycles. The maximum Gasteiger partial charge on any atom is 0.230 e. The van der Waals surface area contributed by atoms with E-state index in [4.69, 9.17) is 0 Å². The van der Waals surface area contributed by atoms with Crippen molar-refractivity contribution in [1.29, 1.82) is 0 Å². The van der Waals surface area contributed by atoms with Gasteiger partial charge in [-0.25, -0.2) is 17.2 Å². The number of sulfone groups is 1. The predicted molar refractivity (Wildman–Crippen MR) is 93.2 cm³/mol. The molecule has 1 N–H and O–H groups in total. The summed E-state index contributed by atoms with van der Waals surface area (Å²) in [6.45, 7) is 1.77. The monoisotopic (exact) mass is 385 g/mol. The number of amides is 1. The molecular weight excluding hydrogens is 368 g/mol. The van der Waals surface area contributed by atoms with E-state index in [1.807, 2.05) is 0 Å². The van der Waals surface area contributed by atoms with Gasteiger partial charge in [0.1, 0.15) is 0 Å². The van der Waals surface area contributed by atoms with Gasteiger partial charge >= 0.3 is 0 Å². The predicted octanol–water partition coefficient (Wildman–Crippen LogP) is 3.34. The first-order chi connectivity index (χ1) is 11.7. The number of hydrogen-bond donors (Lipinski definition) is 1. The number of nitrogens with one attached hydrogen (secondary N) is 1. The lowest BCUT2D eigenvalue weighted by Gasteiger charge is -2.14. The molecule has 134 valence electrons. The number of benzene rings is 2. The number of hydrogen-bond acceptors (Lipinski definition) is 4. The minimum Gasteiger partial charge on any atom is -0.349 e. The molecule has 4 nitrogen and oxygen atoms in total. The summed E-state index contributed by atoms with van der Waals surface area (Å²) < 4.78 is 48.8. The Hall–Kier alpha value is -1.93. The Labute approximate surface area is 149 Å². The van der Waals surface area contributed by atoms with Crippen LogP contribution in [0, 0.1) is 11.6 Å². The van der Waals surface area contributed by atoms with Crippen molar-refractivity contribution in [3.63, 3.8) is 0 Å². The standard InChI is InChI=1S/C17H17F2NO3S2/c1-11(12-3-6-14(7-4-12)25(2,22)23)20-17(21)10-24-13-5-8-15(18)16(19)9-13/h3-9,11H,10H2,1-2H3,(H,20,21). The number of rotatable bonds is 6. The zero-order valence-electron chi connectivity index (χ0n) is 13.6. The van der Waals surface area contributed by atoms with Gasteiger partial charge in [0, 0.05) is 11.2 Å². The minimum absolute atomic E-state index is 0.0524. The first-order valence-electron chi connectivity index (χ1n) is 7.34. The molecule has 0 fully saturated rings. The second kappa shape index (κ2) is 7.97. The van der Waals surface area contributed by atoms with E-state index in [0.717, 1.165) is 35.7 Å². The van der Waals surface area contributed by atoms with E-state index < -0.39 is 21.5 Å². The Balaban J connectivity index is 1.92. The first kappa shape index (κ1) is 19.4. The summed E-state index contributed by atoms with van der Waals surface area (Å²) in [6, 6.07) is 9.42. The normalized spacial score (nSPS) is 12.6. The van der Waals surface area contributed by atoms with Crippen LogP contribution in [0.5, 0.6) is 0 Å². The fraction of sp³-hybridized carbons (Fsp3) is 0.235. The Bertz CT molecular complexity index is 868. The fourth-order valence-corrected chi connectivity index (χ4v) is 3.45. The van der Waals surface area contributed by atoms with E-state index in [9.17, 15) is 22.0 Å². The molecule has 0 saturated carbocycles. The third-order valence-electron chi connectivity index (χ3n) is 3.45. The molecule has 0 saturated heterocycles. The van der Waals surface area contributed by atoms with Gasteiger partial charge in [0.15, 0.2) is 21.5 Å². The van der Waals surface area contributed by atoms with Crippen LogP contribution in [-0.2, 0) is 14.6 Å². The smallest absolute Gasteiger partial charge is 0.230 e. The lowest BCUT2D eigenvalue weighted by molar-refractivity contribution is -0.119. The summed E-state index contributed by atoms with van der Waals surface area (Å²) in [5.41, 5.74) is 0.763. The summed E-state index contributed by atoms with van der Waals surface area (Å²) in [7, 11) is -3.26. The van der Waals surface area contributed by atoms with Crippen LogP contribution < -0.4 is 5.32 Å². The average molecular weight is 385 g/mol. The molecule has 0 aliphatic carbocycles. The molecule has 0 spiro atoms. The topological polar surface area (TPSA) is 63.2 Å². The number of halogens is 2. The first-order valence-corrected chi connectivity index (χ1v) is 10.2. The van der Waals surface area contributed by atoms with Crippen molar-refractivity contribution in [1.82, 2.24) is 5.32 Å². The van der Waals surface area contributed by atoms with Crippen LogP contribution in [0.1, 0.15) is 18.5 Å². The van der Waals surface area contributed by atoms with E-state index in [-0.39, 0.29) is 22.6 Å². The van der Waals surface area contributed by atoms with Gasteiger partial charge in [0.25, 0.3) is 0 Å². The maximum absolute atomic E-state index is 13.1.